The van der Waals surface area contributed by atoms with E-state index < -0.39 is 0 Å². The fourth-order valence-electron chi connectivity index (χ4n) is 2.42. The summed E-state index contributed by atoms with van der Waals surface area (Å²) >= 11 is 0. The van der Waals surface area contributed by atoms with Gasteiger partial charge in [0.2, 0.25) is 0 Å². The molecular weight excluding hydrogens is 386 g/mol. The first-order valence-corrected chi connectivity index (χ1v) is 11.1. The van der Waals surface area contributed by atoms with Crippen LogP contribution in [0.4, 0.5) is 5.69 Å². The van der Waals surface area contributed by atoms with Crippen molar-refractivity contribution >= 4 is 11.7 Å². The number of carbonyl (C=O) groups excluding carboxylic acids is 1. The summed E-state index contributed by atoms with van der Waals surface area (Å²) in [7, 11) is 0. The lowest BCUT2D eigenvalue weighted by Gasteiger charge is -2.09. The van der Waals surface area contributed by atoms with E-state index in [4.69, 9.17) is 23.7 Å². The molecule has 1 N–H and O–H groups in total. The topological polar surface area (TPSA) is 75.3 Å². The molecule has 0 heterocycles. The van der Waals surface area contributed by atoms with Gasteiger partial charge in [0.1, 0.15) is 6.61 Å². The lowest BCUT2D eigenvalue weighted by atomic mass is 10.2. The highest BCUT2D eigenvalue weighted by atomic mass is 16.6. The number of ether oxygens (including phenoxy) is 5. The van der Waals surface area contributed by atoms with Crippen molar-refractivity contribution in [1.29, 1.82) is 0 Å². The molecule has 1 rings (SSSR count). The van der Waals surface area contributed by atoms with E-state index in [1.54, 1.807) is 12.1 Å². The first-order chi connectivity index (χ1) is 14.8. The molecule has 30 heavy (non-hydrogen) atoms. The Hall–Kier alpha value is -1.67. The van der Waals surface area contributed by atoms with Gasteiger partial charge >= 0.3 is 5.97 Å². The van der Waals surface area contributed by atoms with Crippen LogP contribution < -0.4 is 5.32 Å². The number of unbranched alkanes of at least 4 members (excludes halogenated alkanes) is 2. The summed E-state index contributed by atoms with van der Waals surface area (Å²) < 4.78 is 26.8. The summed E-state index contributed by atoms with van der Waals surface area (Å²) in [5.74, 6) is -0.342. The average Bonchev–Trinajstić information content (AvgIpc) is 2.77. The van der Waals surface area contributed by atoms with E-state index in [0.29, 0.717) is 51.8 Å². The zero-order valence-electron chi connectivity index (χ0n) is 18.7. The van der Waals surface area contributed by atoms with Gasteiger partial charge < -0.3 is 29.0 Å². The maximum Gasteiger partial charge on any atom is 0.338 e. The van der Waals surface area contributed by atoms with Gasteiger partial charge in [-0.2, -0.15) is 0 Å². The maximum atomic E-state index is 12.0. The second-order valence-corrected chi connectivity index (χ2v) is 6.80. The minimum Gasteiger partial charge on any atom is -0.460 e. The van der Waals surface area contributed by atoms with Crippen LogP contribution in [0.1, 0.15) is 49.9 Å². The summed E-state index contributed by atoms with van der Waals surface area (Å²) in [5, 5.41) is 3.31. The normalized spacial score (nSPS) is 10.9. The van der Waals surface area contributed by atoms with Crippen LogP contribution >= 0.6 is 0 Å². The fourth-order valence-corrected chi connectivity index (χ4v) is 2.42. The molecule has 0 aliphatic heterocycles. The van der Waals surface area contributed by atoms with Gasteiger partial charge in [0.25, 0.3) is 0 Å². The number of hydrogen-bond donors (Lipinski definition) is 1. The van der Waals surface area contributed by atoms with Crippen LogP contribution in [0, 0.1) is 0 Å². The minimum absolute atomic E-state index is 0.219. The van der Waals surface area contributed by atoms with Crippen LogP contribution in [0.5, 0.6) is 0 Å². The van der Waals surface area contributed by atoms with Crippen molar-refractivity contribution in [3.05, 3.63) is 29.8 Å². The molecule has 0 spiro atoms. The summed E-state index contributed by atoms with van der Waals surface area (Å²) in [5.41, 5.74) is 1.55. The quantitative estimate of drug-likeness (QED) is 0.251. The molecule has 0 amide bonds. The molecule has 0 unspecified atom stereocenters. The van der Waals surface area contributed by atoms with E-state index in [0.717, 1.165) is 44.5 Å². The molecule has 0 saturated carbocycles. The number of hydrogen-bond acceptors (Lipinski definition) is 7. The highest BCUT2D eigenvalue weighted by molar-refractivity contribution is 5.89. The predicted molar refractivity (Wildman–Crippen MR) is 118 cm³/mol. The van der Waals surface area contributed by atoms with Crippen LogP contribution in [0.15, 0.2) is 24.3 Å². The monoisotopic (exact) mass is 425 g/mol. The lowest BCUT2D eigenvalue weighted by Crippen LogP contribution is -2.14. The van der Waals surface area contributed by atoms with Crippen molar-refractivity contribution in [3.8, 4) is 0 Å². The summed E-state index contributed by atoms with van der Waals surface area (Å²) in [6, 6.07) is 7.32. The lowest BCUT2D eigenvalue weighted by molar-refractivity contribution is -0.00906. The van der Waals surface area contributed by atoms with Crippen molar-refractivity contribution in [1.82, 2.24) is 0 Å². The second-order valence-electron chi connectivity index (χ2n) is 6.80. The molecule has 1 aromatic carbocycles. The van der Waals surface area contributed by atoms with E-state index in [-0.39, 0.29) is 12.6 Å². The zero-order valence-corrected chi connectivity index (χ0v) is 18.7. The number of anilines is 1. The van der Waals surface area contributed by atoms with Gasteiger partial charge in [-0.1, -0.05) is 26.7 Å². The molecule has 0 fully saturated rings. The number of esters is 1. The number of benzene rings is 1. The Morgan fingerprint density at radius 3 is 1.73 bits per heavy atom. The molecule has 0 aliphatic carbocycles. The third-order valence-corrected chi connectivity index (χ3v) is 4.20. The van der Waals surface area contributed by atoms with Gasteiger partial charge in [-0.15, -0.1) is 0 Å². The average molecular weight is 426 g/mol. The van der Waals surface area contributed by atoms with Gasteiger partial charge in [0.15, 0.2) is 0 Å². The molecule has 0 saturated heterocycles. The standard InChI is InChI=1S/C23H39NO6/c1-3-5-11-24-22-9-7-21(8-10-22)23(25)30-20-19-29-18-17-28-16-15-27-14-13-26-12-6-4-2/h7-10,24H,3-6,11-20H2,1-2H3. The number of rotatable bonds is 20. The molecule has 7 heteroatoms. The van der Waals surface area contributed by atoms with Crippen molar-refractivity contribution in [2.24, 2.45) is 0 Å². The molecule has 0 radical (unpaired) electrons. The Labute approximate surface area is 181 Å². The van der Waals surface area contributed by atoms with Gasteiger partial charge in [0.05, 0.1) is 51.8 Å². The highest BCUT2D eigenvalue weighted by Gasteiger charge is 2.06. The van der Waals surface area contributed by atoms with Crippen LogP contribution in [0.3, 0.4) is 0 Å². The van der Waals surface area contributed by atoms with Gasteiger partial charge in [-0.25, -0.2) is 4.79 Å². The highest BCUT2D eigenvalue weighted by Crippen LogP contribution is 2.10. The van der Waals surface area contributed by atoms with Gasteiger partial charge in [-0.05, 0) is 37.1 Å². The molecular formula is C23H39NO6. The first-order valence-electron chi connectivity index (χ1n) is 11.1. The Bertz CT molecular complexity index is 523. The van der Waals surface area contributed by atoms with Crippen LogP contribution in [0.2, 0.25) is 0 Å². The van der Waals surface area contributed by atoms with Crippen molar-refractivity contribution in [3.63, 3.8) is 0 Å². The van der Waals surface area contributed by atoms with E-state index >= 15 is 0 Å². The molecule has 7 nitrogen and oxygen atoms in total. The van der Waals surface area contributed by atoms with Crippen LogP contribution in [-0.2, 0) is 23.7 Å². The smallest absolute Gasteiger partial charge is 0.338 e. The Morgan fingerprint density at radius 1 is 0.700 bits per heavy atom. The minimum atomic E-state index is -0.342. The second kappa shape index (κ2) is 19.3. The number of carbonyl (C=O) groups is 1. The maximum absolute atomic E-state index is 12.0. The van der Waals surface area contributed by atoms with Gasteiger partial charge in [0, 0.05) is 18.8 Å². The summed E-state index contributed by atoms with van der Waals surface area (Å²) in [4.78, 5) is 12.0. The van der Waals surface area contributed by atoms with Crippen molar-refractivity contribution in [2.75, 3.05) is 71.3 Å². The van der Waals surface area contributed by atoms with E-state index in [1.165, 1.54) is 0 Å². The Balaban J connectivity index is 1.91. The predicted octanol–water partition coefficient (Wildman–Crippen LogP) is 3.92. The number of nitrogens with one attached hydrogen (secondary N) is 1. The summed E-state index contributed by atoms with van der Waals surface area (Å²) in [6.07, 6.45) is 4.50. The van der Waals surface area contributed by atoms with E-state index in [9.17, 15) is 4.79 Å². The van der Waals surface area contributed by atoms with E-state index in [2.05, 4.69) is 19.2 Å². The largest absolute Gasteiger partial charge is 0.460 e. The van der Waals surface area contributed by atoms with Crippen molar-refractivity contribution < 1.29 is 28.5 Å². The van der Waals surface area contributed by atoms with Gasteiger partial charge in [-0.3, -0.25) is 0 Å². The molecule has 1 aromatic rings. The molecule has 0 aromatic heterocycles. The molecule has 172 valence electrons. The Kier molecular flexibility index (Phi) is 17.0. The Morgan fingerprint density at radius 2 is 1.20 bits per heavy atom. The van der Waals surface area contributed by atoms with Crippen molar-refractivity contribution in [2.45, 2.75) is 39.5 Å². The van der Waals surface area contributed by atoms with E-state index in [1.807, 2.05) is 12.1 Å². The molecule has 0 atom stereocenters. The SMILES string of the molecule is CCCCNc1ccc(C(=O)OCCOCCOCCOCCOCCCC)cc1. The van der Waals surface area contributed by atoms with Crippen LogP contribution in [-0.4, -0.2) is 72.0 Å². The molecule has 0 aliphatic rings. The molecule has 0 bridgehead atoms. The zero-order chi connectivity index (χ0) is 21.7. The third kappa shape index (κ3) is 14.3. The third-order valence-electron chi connectivity index (χ3n) is 4.20. The fraction of sp³-hybridized carbons (Fsp3) is 0.696. The first kappa shape index (κ1) is 26.4. The summed E-state index contributed by atoms with van der Waals surface area (Å²) in [6.45, 7) is 9.81. The van der Waals surface area contributed by atoms with Crippen LogP contribution in [0.25, 0.3) is 0 Å².